The molecule has 110 valence electrons. The summed E-state index contributed by atoms with van der Waals surface area (Å²) in [5, 5.41) is 7.20. The monoisotopic (exact) mass is 295 g/mol. The normalized spacial score (nSPS) is 11.2. The van der Waals surface area contributed by atoms with Crippen LogP contribution in [-0.4, -0.2) is 10.8 Å². The number of nitrogens with one attached hydrogen (secondary N) is 1. The molecule has 0 saturated carbocycles. The van der Waals surface area contributed by atoms with Gasteiger partial charge in [-0.1, -0.05) is 6.07 Å². The lowest BCUT2D eigenvalue weighted by atomic mass is 10.1. The summed E-state index contributed by atoms with van der Waals surface area (Å²) in [6.07, 6.45) is -1.51. The summed E-state index contributed by atoms with van der Waals surface area (Å²) in [5.41, 5.74) is 4.90. The highest BCUT2D eigenvalue weighted by molar-refractivity contribution is 5.95. The number of ether oxygens (including phenoxy) is 1. The topological polar surface area (TPSA) is 72.0 Å². The predicted molar refractivity (Wildman–Crippen MR) is 71.0 cm³/mol. The lowest BCUT2D eigenvalue weighted by Crippen LogP contribution is -2.15. The second-order valence-electron chi connectivity index (χ2n) is 4.27. The molecule has 4 nitrogen and oxygen atoms in total. The third-order valence-electron chi connectivity index (χ3n) is 2.71. The SMILES string of the molecule is N=C(N)c1ccc(OCc2cccnc2)c(C(F)(F)F)c1. The number of rotatable bonds is 4. The molecule has 2 aromatic rings. The van der Waals surface area contributed by atoms with E-state index in [9.17, 15) is 13.2 Å². The number of pyridine rings is 1. The maximum Gasteiger partial charge on any atom is 0.419 e. The summed E-state index contributed by atoms with van der Waals surface area (Å²) in [6.45, 7) is -0.0314. The molecular weight excluding hydrogens is 283 g/mol. The molecule has 0 aliphatic rings. The van der Waals surface area contributed by atoms with E-state index in [0.29, 0.717) is 5.56 Å². The van der Waals surface area contributed by atoms with Crippen LogP contribution in [0.2, 0.25) is 0 Å². The van der Waals surface area contributed by atoms with Crippen LogP contribution in [0.5, 0.6) is 5.75 Å². The Morgan fingerprint density at radius 1 is 1.29 bits per heavy atom. The highest BCUT2D eigenvalue weighted by atomic mass is 19.4. The van der Waals surface area contributed by atoms with Crippen molar-refractivity contribution in [2.45, 2.75) is 12.8 Å². The van der Waals surface area contributed by atoms with Crippen LogP contribution in [0.4, 0.5) is 13.2 Å². The van der Waals surface area contributed by atoms with Crippen LogP contribution in [0.3, 0.4) is 0 Å². The number of nitrogens with zero attached hydrogens (tertiary/aromatic N) is 1. The Labute approximate surface area is 118 Å². The summed E-state index contributed by atoms with van der Waals surface area (Å²) >= 11 is 0. The van der Waals surface area contributed by atoms with Gasteiger partial charge in [-0.3, -0.25) is 10.4 Å². The number of amidine groups is 1. The Morgan fingerprint density at radius 2 is 2.05 bits per heavy atom. The second kappa shape index (κ2) is 5.82. The van der Waals surface area contributed by atoms with Crippen molar-refractivity contribution in [2.24, 2.45) is 5.73 Å². The highest BCUT2D eigenvalue weighted by Gasteiger charge is 2.34. The molecule has 0 unspecified atom stereocenters. The number of nitrogen functional groups attached to an aromatic ring is 1. The molecule has 0 spiro atoms. The van der Waals surface area contributed by atoms with E-state index >= 15 is 0 Å². The predicted octanol–water partition coefficient (Wildman–Crippen LogP) is 2.96. The fourth-order valence-electron chi connectivity index (χ4n) is 1.69. The Balaban J connectivity index is 2.28. The standard InChI is InChI=1S/C14H12F3N3O/c15-14(16,17)11-6-10(13(18)19)3-4-12(11)21-8-9-2-1-5-20-7-9/h1-7H,8H2,(H3,18,19). The third kappa shape index (κ3) is 3.71. The van der Waals surface area contributed by atoms with Gasteiger partial charge in [0, 0.05) is 23.5 Å². The number of benzene rings is 1. The summed E-state index contributed by atoms with van der Waals surface area (Å²) in [7, 11) is 0. The van der Waals surface area contributed by atoms with Crippen LogP contribution in [0, 0.1) is 5.41 Å². The fraction of sp³-hybridized carbons (Fsp3) is 0.143. The van der Waals surface area contributed by atoms with Gasteiger partial charge in [0.2, 0.25) is 0 Å². The van der Waals surface area contributed by atoms with Crippen molar-refractivity contribution in [3.05, 3.63) is 59.4 Å². The summed E-state index contributed by atoms with van der Waals surface area (Å²) in [5.74, 6) is -0.740. The zero-order valence-corrected chi connectivity index (χ0v) is 10.8. The van der Waals surface area contributed by atoms with Crippen molar-refractivity contribution < 1.29 is 17.9 Å². The molecule has 0 aliphatic heterocycles. The van der Waals surface area contributed by atoms with Crippen LogP contribution in [0.25, 0.3) is 0 Å². The average molecular weight is 295 g/mol. The zero-order chi connectivity index (χ0) is 15.5. The molecule has 0 aliphatic carbocycles. The van der Waals surface area contributed by atoms with Crippen molar-refractivity contribution in [3.8, 4) is 5.75 Å². The first-order chi connectivity index (χ1) is 9.88. The van der Waals surface area contributed by atoms with Gasteiger partial charge in [0.25, 0.3) is 0 Å². The average Bonchev–Trinajstić information content (AvgIpc) is 2.45. The molecule has 21 heavy (non-hydrogen) atoms. The minimum atomic E-state index is -4.59. The Hall–Kier alpha value is -2.57. The second-order valence-corrected chi connectivity index (χ2v) is 4.27. The van der Waals surface area contributed by atoms with Gasteiger partial charge in [-0.2, -0.15) is 13.2 Å². The number of hydrogen-bond acceptors (Lipinski definition) is 3. The quantitative estimate of drug-likeness (QED) is 0.673. The first-order valence-electron chi connectivity index (χ1n) is 5.95. The van der Waals surface area contributed by atoms with Gasteiger partial charge in [0.15, 0.2) is 0 Å². The molecule has 0 bridgehead atoms. The molecule has 2 rings (SSSR count). The van der Waals surface area contributed by atoms with E-state index in [1.807, 2.05) is 0 Å². The van der Waals surface area contributed by atoms with Crippen LogP contribution in [0.1, 0.15) is 16.7 Å². The van der Waals surface area contributed by atoms with Crippen LogP contribution in [0.15, 0.2) is 42.7 Å². The first-order valence-corrected chi connectivity index (χ1v) is 5.95. The van der Waals surface area contributed by atoms with E-state index in [2.05, 4.69) is 4.98 Å². The first kappa shape index (κ1) is 14.8. The van der Waals surface area contributed by atoms with E-state index in [0.717, 1.165) is 12.1 Å². The molecule has 1 heterocycles. The Kier molecular flexibility index (Phi) is 4.11. The fourth-order valence-corrected chi connectivity index (χ4v) is 1.69. The molecule has 0 atom stereocenters. The van der Waals surface area contributed by atoms with Crippen molar-refractivity contribution in [3.63, 3.8) is 0 Å². The number of nitrogens with two attached hydrogens (primary N) is 1. The Bertz CT molecular complexity index is 642. The van der Waals surface area contributed by atoms with Crippen molar-refractivity contribution in [1.29, 1.82) is 5.41 Å². The van der Waals surface area contributed by atoms with Crippen molar-refractivity contribution in [2.75, 3.05) is 0 Å². The lowest BCUT2D eigenvalue weighted by Gasteiger charge is -2.15. The van der Waals surface area contributed by atoms with E-state index in [4.69, 9.17) is 15.9 Å². The minimum Gasteiger partial charge on any atom is -0.488 e. The smallest absolute Gasteiger partial charge is 0.419 e. The highest BCUT2D eigenvalue weighted by Crippen LogP contribution is 2.37. The van der Waals surface area contributed by atoms with Gasteiger partial charge in [0.05, 0.1) is 5.56 Å². The van der Waals surface area contributed by atoms with Gasteiger partial charge in [-0.05, 0) is 24.3 Å². The molecular formula is C14H12F3N3O. The van der Waals surface area contributed by atoms with E-state index in [1.165, 1.54) is 12.3 Å². The Morgan fingerprint density at radius 3 is 2.62 bits per heavy atom. The number of alkyl halides is 3. The molecule has 0 amide bonds. The largest absolute Gasteiger partial charge is 0.488 e. The molecule has 1 aromatic heterocycles. The van der Waals surface area contributed by atoms with Gasteiger partial charge in [-0.25, -0.2) is 0 Å². The molecule has 3 N–H and O–H groups in total. The molecule has 1 aromatic carbocycles. The van der Waals surface area contributed by atoms with E-state index in [-0.39, 0.29) is 17.9 Å². The van der Waals surface area contributed by atoms with E-state index < -0.39 is 17.6 Å². The van der Waals surface area contributed by atoms with Crippen LogP contribution < -0.4 is 10.5 Å². The maximum atomic E-state index is 13.0. The van der Waals surface area contributed by atoms with Gasteiger partial charge < -0.3 is 10.5 Å². The third-order valence-corrected chi connectivity index (χ3v) is 2.71. The van der Waals surface area contributed by atoms with Gasteiger partial charge >= 0.3 is 6.18 Å². The maximum absolute atomic E-state index is 13.0. The molecule has 0 saturated heterocycles. The molecule has 7 heteroatoms. The number of halogens is 3. The van der Waals surface area contributed by atoms with Crippen LogP contribution >= 0.6 is 0 Å². The zero-order valence-electron chi connectivity index (χ0n) is 10.8. The minimum absolute atomic E-state index is 0.00365. The van der Waals surface area contributed by atoms with Crippen molar-refractivity contribution >= 4 is 5.84 Å². The van der Waals surface area contributed by atoms with Crippen LogP contribution in [-0.2, 0) is 12.8 Å². The summed E-state index contributed by atoms with van der Waals surface area (Å²) in [6, 6.07) is 6.65. The molecule has 0 fully saturated rings. The van der Waals surface area contributed by atoms with Gasteiger partial charge in [-0.15, -0.1) is 0 Å². The summed E-state index contributed by atoms with van der Waals surface area (Å²) in [4.78, 5) is 3.86. The number of aromatic nitrogens is 1. The van der Waals surface area contributed by atoms with Gasteiger partial charge in [0.1, 0.15) is 18.2 Å². The summed E-state index contributed by atoms with van der Waals surface area (Å²) < 4.78 is 44.3. The molecule has 0 radical (unpaired) electrons. The lowest BCUT2D eigenvalue weighted by molar-refractivity contribution is -0.139. The number of hydrogen-bond donors (Lipinski definition) is 2. The van der Waals surface area contributed by atoms with E-state index in [1.54, 1.807) is 18.3 Å². The van der Waals surface area contributed by atoms with Crippen molar-refractivity contribution in [1.82, 2.24) is 4.98 Å².